The van der Waals surface area contributed by atoms with Gasteiger partial charge in [-0.1, -0.05) is 11.3 Å². The molecule has 0 aliphatic carbocycles. The molecule has 0 aliphatic rings. The van der Waals surface area contributed by atoms with Crippen LogP contribution >= 0.6 is 0 Å². The monoisotopic (exact) mass is 394 g/mol. The van der Waals surface area contributed by atoms with Crippen LogP contribution in [0.25, 0.3) is 16.9 Å². The molecular formula is C19H15FN6O3. The number of hydrogen-bond acceptors (Lipinski definition) is 6. The van der Waals surface area contributed by atoms with Gasteiger partial charge in [-0.15, -0.1) is 5.10 Å². The number of halogens is 1. The van der Waals surface area contributed by atoms with Gasteiger partial charge in [-0.05, 0) is 42.5 Å². The number of rotatable bonds is 5. The molecule has 146 valence electrons. The minimum absolute atomic E-state index is 0.0295. The molecule has 10 heteroatoms. The van der Waals surface area contributed by atoms with Gasteiger partial charge in [0.25, 0.3) is 5.56 Å². The summed E-state index contributed by atoms with van der Waals surface area (Å²) in [6.45, 7) is -0.298. The summed E-state index contributed by atoms with van der Waals surface area (Å²) in [5, 5.41) is 10.4. The van der Waals surface area contributed by atoms with E-state index in [9.17, 15) is 14.0 Å². The van der Waals surface area contributed by atoms with E-state index in [1.54, 1.807) is 37.4 Å². The lowest BCUT2D eigenvalue weighted by atomic mass is 10.3. The molecule has 0 unspecified atom stereocenters. The highest BCUT2D eigenvalue weighted by atomic mass is 19.1. The van der Waals surface area contributed by atoms with Crippen molar-refractivity contribution >= 4 is 22.8 Å². The van der Waals surface area contributed by atoms with Gasteiger partial charge in [-0.2, -0.15) is 4.68 Å². The van der Waals surface area contributed by atoms with Gasteiger partial charge in [-0.25, -0.2) is 9.37 Å². The Balaban J connectivity index is 1.59. The summed E-state index contributed by atoms with van der Waals surface area (Å²) < 4.78 is 20.9. The molecule has 0 saturated heterocycles. The summed E-state index contributed by atoms with van der Waals surface area (Å²) in [5.41, 5.74) is 0.734. The lowest BCUT2D eigenvalue weighted by Crippen LogP contribution is -2.28. The Labute approximate surface area is 163 Å². The van der Waals surface area contributed by atoms with Crippen LogP contribution in [0.1, 0.15) is 0 Å². The number of benzene rings is 2. The van der Waals surface area contributed by atoms with Gasteiger partial charge < -0.3 is 10.1 Å². The zero-order valence-corrected chi connectivity index (χ0v) is 15.2. The van der Waals surface area contributed by atoms with Crippen molar-refractivity contribution in [2.45, 2.75) is 6.54 Å². The minimum Gasteiger partial charge on any atom is -0.497 e. The number of nitrogens with zero attached hydrogens (tertiary/aromatic N) is 5. The number of aromatic nitrogens is 5. The molecule has 0 aliphatic heterocycles. The second-order valence-corrected chi connectivity index (χ2v) is 6.11. The average molecular weight is 394 g/mol. The topological polar surface area (TPSA) is 104 Å². The highest BCUT2D eigenvalue weighted by Gasteiger charge is 2.15. The van der Waals surface area contributed by atoms with E-state index in [0.29, 0.717) is 17.1 Å². The third-order valence-electron chi connectivity index (χ3n) is 4.17. The molecule has 0 saturated carbocycles. The van der Waals surface area contributed by atoms with Crippen LogP contribution in [0.4, 0.5) is 10.1 Å². The van der Waals surface area contributed by atoms with Crippen LogP contribution in [0.2, 0.25) is 0 Å². The van der Waals surface area contributed by atoms with Crippen molar-refractivity contribution in [3.05, 3.63) is 71.0 Å². The van der Waals surface area contributed by atoms with Crippen molar-refractivity contribution in [3.63, 3.8) is 0 Å². The Kier molecular flexibility index (Phi) is 4.73. The predicted molar refractivity (Wildman–Crippen MR) is 103 cm³/mol. The van der Waals surface area contributed by atoms with Gasteiger partial charge in [0.15, 0.2) is 11.2 Å². The van der Waals surface area contributed by atoms with Gasteiger partial charge >= 0.3 is 0 Å². The van der Waals surface area contributed by atoms with E-state index < -0.39 is 17.3 Å². The fourth-order valence-electron chi connectivity index (χ4n) is 2.78. The van der Waals surface area contributed by atoms with Crippen molar-refractivity contribution in [1.82, 2.24) is 24.5 Å². The van der Waals surface area contributed by atoms with Gasteiger partial charge in [-0.3, -0.25) is 14.2 Å². The number of carbonyl (C=O) groups excluding carboxylic acids is 1. The Morgan fingerprint density at radius 2 is 2.00 bits per heavy atom. The molecule has 2 aromatic carbocycles. The molecule has 1 N–H and O–H groups in total. The highest BCUT2D eigenvalue weighted by molar-refractivity contribution is 5.90. The Morgan fingerprint density at radius 3 is 2.72 bits per heavy atom. The number of amides is 1. The first-order valence-electron chi connectivity index (χ1n) is 8.56. The van der Waals surface area contributed by atoms with Crippen molar-refractivity contribution < 1.29 is 13.9 Å². The van der Waals surface area contributed by atoms with Gasteiger partial charge in [0, 0.05) is 5.69 Å². The van der Waals surface area contributed by atoms with Crippen LogP contribution in [-0.4, -0.2) is 37.6 Å². The zero-order chi connectivity index (χ0) is 20.4. The predicted octanol–water partition coefficient (Wildman–Crippen LogP) is 1.76. The van der Waals surface area contributed by atoms with E-state index in [2.05, 4.69) is 20.6 Å². The van der Waals surface area contributed by atoms with E-state index in [0.717, 1.165) is 4.57 Å². The molecule has 4 rings (SSSR count). The van der Waals surface area contributed by atoms with Crippen LogP contribution < -0.4 is 15.6 Å². The van der Waals surface area contributed by atoms with Crippen molar-refractivity contribution in [2.75, 3.05) is 12.4 Å². The third-order valence-corrected chi connectivity index (χ3v) is 4.17. The van der Waals surface area contributed by atoms with Crippen LogP contribution in [-0.2, 0) is 11.3 Å². The lowest BCUT2D eigenvalue weighted by Gasteiger charge is -2.07. The normalized spacial score (nSPS) is 10.8. The van der Waals surface area contributed by atoms with Crippen LogP contribution in [0.5, 0.6) is 5.75 Å². The van der Waals surface area contributed by atoms with E-state index in [-0.39, 0.29) is 17.7 Å². The molecule has 29 heavy (non-hydrogen) atoms. The average Bonchev–Trinajstić information content (AvgIpc) is 3.15. The Bertz CT molecular complexity index is 1250. The zero-order valence-electron chi connectivity index (χ0n) is 15.2. The summed E-state index contributed by atoms with van der Waals surface area (Å²) in [6.07, 6.45) is 1.25. The maximum atomic E-state index is 13.2. The molecule has 0 atom stereocenters. The number of anilines is 1. The maximum Gasteiger partial charge on any atom is 0.284 e. The largest absolute Gasteiger partial charge is 0.497 e. The molecule has 0 radical (unpaired) electrons. The van der Waals surface area contributed by atoms with Crippen molar-refractivity contribution in [2.24, 2.45) is 0 Å². The molecule has 0 spiro atoms. The lowest BCUT2D eigenvalue weighted by molar-refractivity contribution is -0.116. The van der Waals surface area contributed by atoms with Crippen LogP contribution in [0.15, 0.2) is 59.7 Å². The minimum atomic E-state index is -0.510. The van der Waals surface area contributed by atoms with E-state index in [4.69, 9.17) is 4.74 Å². The standard InChI is InChI=1S/C19H15FN6O3/c1-29-15-7-5-14(6-8-15)26-18-17(23-24-26)19(28)25(11-21-18)10-16(27)22-13-4-2-3-12(20)9-13/h2-9,11H,10H2,1H3,(H,22,27). The SMILES string of the molecule is COc1ccc(-n2nnc3c(=O)n(CC(=O)Nc4cccc(F)c4)cnc32)cc1. The molecule has 0 fully saturated rings. The Hall–Kier alpha value is -4.08. The van der Waals surface area contributed by atoms with Crippen LogP contribution in [0, 0.1) is 5.82 Å². The van der Waals surface area contributed by atoms with Crippen molar-refractivity contribution in [3.8, 4) is 11.4 Å². The number of hydrogen-bond donors (Lipinski definition) is 1. The van der Waals surface area contributed by atoms with Gasteiger partial charge in [0.05, 0.1) is 12.8 Å². The van der Waals surface area contributed by atoms with Gasteiger partial charge in [0.1, 0.15) is 24.4 Å². The molecule has 2 aromatic heterocycles. The smallest absolute Gasteiger partial charge is 0.284 e. The molecule has 2 heterocycles. The molecule has 0 bridgehead atoms. The second kappa shape index (κ2) is 7.50. The van der Waals surface area contributed by atoms with Gasteiger partial charge in [0.2, 0.25) is 5.91 Å². The highest BCUT2D eigenvalue weighted by Crippen LogP contribution is 2.16. The molecule has 9 nitrogen and oxygen atoms in total. The maximum absolute atomic E-state index is 13.2. The first-order chi connectivity index (χ1) is 14.0. The summed E-state index contributed by atoms with van der Waals surface area (Å²) >= 11 is 0. The van der Waals surface area contributed by atoms with E-state index in [1.807, 2.05) is 0 Å². The molecule has 4 aromatic rings. The quantitative estimate of drug-likeness (QED) is 0.553. The molecule has 1 amide bonds. The van der Waals surface area contributed by atoms with Crippen molar-refractivity contribution in [1.29, 1.82) is 0 Å². The summed E-state index contributed by atoms with van der Waals surface area (Å²) in [6, 6.07) is 12.5. The van der Waals surface area contributed by atoms with Crippen LogP contribution in [0.3, 0.4) is 0 Å². The number of nitrogens with one attached hydrogen (secondary N) is 1. The second-order valence-electron chi connectivity index (χ2n) is 6.11. The summed E-state index contributed by atoms with van der Waals surface area (Å²) in [5.74, 6) is -0.294. The Morgan fingerprint density at radius 1 is 1.21 bits per heavy atom. The first kappa shape index (κ1) is 18.3. The number of ether oxygens (including phenoxy) is 1. The summed E-state index contributed by atoms with van der Waals surface area (Å²) in [7, 11) is 1.56. The first-order valence-corrected chi connectivity index (χ1v) is 8.56. The van der Waals surface area contributed by atoms with E-state index in [1.165, 1.54) is 29.2 Å². The fraction of sp³-hybridized carbons (Fsp3) is 0.105. The number of carbonyl (C=O) groups is 1. The summed E-state index contributed by atoms with van der Waals surface area (Å²) in [4.78, 5) is 29.1. The van der Waals surface area contributed by atoms with E-state index >= 15 is 0 Å². The number of methoxy groups -OCH3 is 1. The fourth-order valence-corrected chi connectivity index (χ4v) is 2.78. The third kappa shape index (κ3) is 3.68. The number of fused-ring (bicyclic) bond motifs is 1. The molecular weight excluding hydrogens is 379 g/mol.